The van der Waals surface area contributed by atoms with E-state index in [-0.39, 0.29) is 16.9 Å². The molecule has 1 saturated heterocycles. The van der Waals surface area contributed by atoms with Gasteiger partial charge in [0.05, 0.1) is 12.7 Å². The number of hydrogen-bond donors (Lipinski definition) is 1. The van der Waals surface area contributed by atoms with Crippen LogP contribution in [0.25, 0.3) is 22.1 Å². The first-order chi connectivity index (χ1) is 13.1. The minimum absolute atomic E-state index is 0.0248. The molecule has 0 amide bonds. The van der Waals surface area contributed by atoms with E-state index in [1.54, 1.807) is 6.07 Å². The van der Waals surface area contributed by atoms with E-state index in [2.05, 4.69) is 10.2 Å². The van der Waals surface area contributed by atoms with Gasteiger partial charge in [0, 0.05) is 54.9 Å². The largest absolute Gasteiger partial charge is 0.493 e. The summed E-state index contributed by atoms with van der Waals surface area (Å²) in [6.07, 6.45) is 0. The van der Waals surface area contributed by atoms with Crippen LogP contribution in [0.4, 0.5) is 14.5 Å². The molecule has 0 radical (unpaired) electrons. The number of rotatable bonds is 3. The number of hydrogen-bond acceptors (Lipinski definition) is 5. The van der Waals surface area contributed by atoms with Crippen molar-refractivity contribution in [3.8, 4) is 16.9 Å². The Kier molecular flexibility index (Phi) is 4.53. The molecule has 1 fully saturated rings. The first kappa shape index (κ1) is 17.5. The van der Waals surface area contributed by atoms with Crippen molar-refractivity contribution in [3.63, 3.8) is 0 Å². The average molecular weight is 372 g/mol. The summed E-state index contributed by atoms with van der Waals surface area (Å²) >= 11 is 0. The molecule has 7 heteroatoms. The van der Waals surface area contributed by atoms with Crippen LogP contribution >= 0.6 is 0 Å². The van der Waals surface area contributed by atoms with E-state index in [9.17, 15) is 13.6 Å². The van der Waals surface area contributed by atoms with E-state index in [0.717, 1.165) is 37.9 Å². The number of piperazine rings is 1. The molecule has 3 aromatic rings. The molecule has 0 unspecified atom stereocenters. The van der Waals surface area contributed by atoms with Crippen molar-refractivity contribution in [2.75, 3.05) is 38.2 Å². The summed E-state index contributed by atoms with van der Waals surface area (Å²) < 4.78 is 38.2. The number of fused-ring (bicyclic) bond motifs is 1. The van der Waals surface area contributed by atoms with Crippen LogP contribution in [-0.2, 0) is 0 Å². The Labute approximate surface area is 154 Å². The third-order valence-electron chi connectivity index (χ3n) is 4.70. The molecule has 27 heavy (non-hydrogen) atoms. The fourth-order valence-electron chi connectivity index (χ4n) is 3.38. The Balaban J connectivity index is 1.82. The second-order valence-electron chi connectivity index (χ2n) is 6.38. The summed E-state index contributed by atoms with van der Waals surface area (Å²) in [4.78, 5) is 14.7. The Morgan fingerprint density at radius 2 is 1.85 bits per heavy atom. The zero-order chi connectivity index (χ0) is 19.0. The van der Waals surface area contributed by atoms with Gasteiger partial charge in [0.2, 0.25) is 0 Å². The number of benzene rings is 2. The van der Waals surface area contributed by atoms with Gasteiger partial charge in [-0.15, -0.1) is 0 Å². The molecule has 0 atom stereocenters. The molecule has 0 aliphatic carbocycles. The number of ether oxygens (including phenoxy) is 1. The van der Waals surface area contributed by atoms with Gasteiger partial charge in [0.25, 0.3) is 0 Å². The summed E-state index contributed by atoms with van der Waals surface area (Å²) in [5.74, 6) is -1.86. The summed E-state index contributed by atoms with van der Waals surface area (Å²) in [6.45, 7) is 3.53. The maximum Gasteiger partial charge on any atom is 0.344 e. The molecule has 0 bridgehead atoms. The lowest BCUT2D eigenvalue weighted by molar-refractivity contribution is 0.385. The van der Waals surface area contributed by atoms with Crippen molar-refractivity contribution in [2.45, 2.75) is 0 Å². The van der Waals surface area contributed by atoms with E-state index < -0.39 is 17.3 Å². The average Bonchev–Trinajstić information content (AvgIpc) is 2.67. The molecule has 1 aliphatic heterocycles. The SMILES string of the molecule is COc1c(F)cc(F)cc1-c1cc2ccc(N3CCNCC3)cc2oc1=O. The minimum atomic E-state index is -0.874. The lowest BCUT2D eigenvalue weighted by Crippen LogP contribution is -2.43. The van der Waals surface area contributed by atoms with Gasteiger partial charge in [-0.25, -0.2) is 13.6 Å². The van der Waals surface area contributed by atoms with Gasteiger partial charge in [0.15, 0.2) is 11.6 Å². The fraction of sp³-hybridized carbons (Fsp3) is 0.250. The van der Waals surface area contributed by atoms with E-state index >= 15 is 0 Å². The van der Waals surface area contributed by atoms with E-state index in [0.29, 0.717) is 17.0 Å². The maximum atomic E-state index is 14.0. The van der Waals surface area contributed by atoms with Gasteiger partial charge >= 0.3 is 5.63 Å². The van der Waals surface area contributed by atoms with Crippen LogP contribution in [0.5, 0.6) is 5.75 Å². The minimum Gasteiger partial charge on any atom is -0.493 e. The van der Waals surface area contributed by atoms with Gasteiger partial charge in [-0.3, -0.25) is 0 Å². The van der Waals surface area contributed by atoms with Crippen LogP contribution in [0.2, 0.25) is 0 Å². The Hall–Kier alpha value is -2.93. The van der Waals surface area contributed by atoms with Gasteiger partial charge in [0.1, 0.15) is 11.4 Å². The first-order valence-corrected chi connectivity index (χ1v) is 8.64. The molecule has 1 aromatic heterocycles. The van der Waals surface area contributed by atoms with Crippen LogP contribution in [0.15, 0.2) is 45.6 Å². The summed E-state index contributed by atoms with van der Waals surface area (Å²) in [7, 11) is 1.27. The highest BCUT2D eigenvalue weighted by Gasteiger charge is 2.18. The van der Waals surface area contributed by atoms with Gasteiger partial charge in [-0.1, -0.05) is 0 Å². The van der Waals surface area contributed by atoms with Gasteiger partial charge < -0.3 is 19.4 Å². The van der Waals surface area contributed by atoms with Gasteiger partial charge in [-0.2, -0.15) is 0 Å². The molecule has 4 rings (SSSR count). The molecule has 5 nitrogen and oxygen atoms in total. The monoisotopic (exact) mass is 372 g/mol. The highest BCUT2D eigenvalue weighted by atomic mass is 19.1. The van der Waals surface area contributed by atoms with Gasteiger partial charge in [-0.05, 0) is 24.3 Å². The van der Waals surface area contributed by atoms with E-state index in [4.69, 9.17) is 9.15 Å². The van der Waals surface area contributed by atoms with Crippen molar-refractivity contribution in [2.24, 2.45) is 0 Å². The maximum absolute atomic E-state index is 14.0. The first-order valence-electron chi connectivity index (χ1n) is 8.64. The zero-order valence-corrected chi connectivity index (χ0v) is 14.7. The van der Waals surface area contributed by atoms with E-state index in [1.165, 1.54) is 7.11 Å². The highest BCUT2D eigenvalue weighted by Crippen LogP contribution is 2.33. The van der Waals surface area contributed by atoms with Crippen molar-refractivity contribution in [1.82, 2.24) is 5.32 Å². The normalized spacial score (nSPS) is 14.6. The number of nitrogens with one attached hydrogen (secondary N) is 1. The van der Waals surface area contributed by atoms with Crippen molar-refractivity contribution >= 4 is 16.7 Å². The number of methoxy groups -OCH3 is 1. The molecule has 1 aliphatic rings. The standard InChI is InChI=1S/C20H18F2N2O3/c1-26-19-15(9-13(21)10-17(19)22)16-8-12-2-3-14(11-18(12)27-20(16)25)24-6-4-23-5-7-24/h2-3,8-11,23H,4-7H2,1H3. The van der Waals surface area contributed by atoms with Crippen LogP contribution in [-0.4, -0.2) is 33.3 Å². The summed E-state index contributed by atoms with van der Waals surface area (Å²) in [5, 5.41) is 3.95. The topological polar surface area (TPSA) is 54.7 Å². The summed E-state index contributed by atoms with van der Waals surface area (Å²) in [5.41, 5.74) is 0.790. The Bertz CT molecular complexity index is 1060. The van der Waals surface area contributed by atoms with Crippen LogP contribution in [0, 0.1) is 11.6 Å². The zero-order valence-electron chi connectivity index (χ0n) is 14.7. The molecular weight excluding hydrogens is 354 g/mol. The smallest absolute Gasteiger partial charge is 0.344 e. The quantitative estimate of drug-likeness (QED) is 0.716. The molecule has 0 spiro atoms. The predicted molar refractivity (Wildman–Crippen MR) is 99.5 cm³/mol. The molecule has 140 valence electrons. The molecule has 2 aromatic carbocycles. The molecule has 0 saturated carbocycles. The Morgan fingerprint density at radius 1 is 1.07 bits per heavy atom. The fourth-order valence-corrected chi connectivity index (χ4v) is 3.38. The molecule has 2 heterocycles. The lowest BCUT2D eigenvalue weighted by atomic mass is 10.0. The number of anilines is 1. The lowest BCUT2D eigenvalue weighted by Gasteiger charge is -2.29. The number of halogens is 2. The summed E-state index contributed by atoms with van der Waals surface area (Å²) in [6, 6.07) is 8.94. The third-order valence-corrected chi connectivity index (χ3v) is 4.70. The highest BCUT2D eigenvalue weighted by molar-refractivity contribution is 5.85. The van der Waals surface area contributed by atoms with Crippen molar-refractivity contribution < 1.29 is 17.9 Å². The second kappa shape index (κ2) is 7.00. The van der Waals surface area contributed by atoms with Crippen LogP contribution in [0.3, 0.4) is 0 Å². The van der Waals surface area contributed by atoms with Crippen LogP contribution < -0.4 is 20.6 Å². The second-order valence-corrected chi connectivity index (χ2v) is 6.38. The third kappa shape index (κ3) is 3.26. The Morgan fingerprint density at radius 3 is 2.59 bits per heavy atom. The van der Waals surface area contributed by atoms with Crippen LogP contribution in [0.1, 0.15) is 0 Å². The molecule has 1 N–H and O–H groups in total. The number of nitrogens with zero attached hydrogens (tertiary/aromatic N) is 1. The van der Waals surface area contributed by atoms with Crippen molar-refractivity contribution in [1.29, 1.82) is 0 Å². The van der Waals surface area contributed by atoms with E-state index in [1.807, 2.05) is 18.2 Å². The predicted octanol–water partition coefficient (Wildman–Crippen LogP) is 3.16. The molecular formula is C20H18F2N2O3. The van der Waals surface area contributed by atoms with Crippen molar-refractivity contribution in [3.05, 3.63) is 58.5 Å².